The predicted octanol–water partition coefficient (Wildman–Crippen LogP) is -0.288. The lowest BCUT2D eigenvalue weighted by Crippen LogP contribution is -2.21. The number of nitrogens with one attached hydrogen (secondary N) is 1. The number of hydrogen-bond donors (Lipinski definition) is 1. The van der Waals surface area contributed by atoms with Crippen molar-refractivity contribution in [2.24, 2.45) is 0 Å². The standard InChI is InChI=1S/C5H3NO4S/c7-5-4-3(1-2-10-4)11(8,9)6-5/h1-2H,(H,6,7). The van der Waals surface area contributed by atoms with Gasteiger partial charge in [-0.25, -0.2) is 13.1 Å². The molecular formula is C5H3NO4S. The highest BCUT2D eigenvalue weighted by Gasteiger charge is 2.35. The van der Waals surface area contributed by atoms with Gasteiger partial charge in [0.05, 0.1) is 6.26 Å². The Hall–Kier alpha value is -1.30. The number of carbonyl (C=O) groups excluding carboxylic acids is 1. The van der Waals surface area contributed by atoms with Crippen molar-refractivity contribution in [1.29, 1.82) is 0 Å². The van der Waals surface area contributed by atoms with Gasteiger partial charge in [-0.05, 0) is 6.07 Å². The summed E-state index contributed by atoms with van der Waals surface area (Å²) >= 11 is 0. The fraction of sp³-hybridized carbons (Fsp3) is 0. The molecule has 1 aliphatic heterocycles. The van der Waals surface area contributed by atoms with E-state index in [4.69, 9.17) is 0 Å². The lowest BCUT2D eigenvalue weighted by atomic mass is 10.4. The van der Waals surface area contributed by atoms with Crippen LogP contribution in [0.5, 0.6) is 0 Å². The summed E-state index contributed by atoms with van der Waals surface area (Å²) in [7, 11) is -3.60. The van der Waals surface area contributed by atoms with Crippen molar-refractivity contribution < 1.29 is 17.6 Å². The van der Waals surface area contributed by atoms with Crippen LogP contribution in [0.3, 0.4) is 0 Å². The SMILES string of the molecule is O=C1NS(=O)(=O)c2ccoc21. The van der Waals surface area contributed by atoms with E-state index < -0.39 is 15.9 Å². The minimum atomic E-state index is -3.60. The van der Waals surface area contributed by atoms with Crippen LogP contribution < -0.4 is 4.72 Å². The molecule has 1 aromatic heterocycles. The summed E-state index contributed by atoms with van der Waals surface area (Å²) in [5.74, 6) is -0.838. The molecule has 6 heteroatoms. The monoisotopic (exact) mass is 173 g/mol. The number of rotatable bonds is 0. The normalized spacial score (nSPS) is 19.5. The summed E-state index contributed by atoms with van der Waals surface area (Å²) < 4.78 is 28.3. The smallest absolute Gasteiger partial charge is 0.302 e. The van der Waals surface area contributed by atoms with E-state index in [0.717, 1.165) is 0 Å². The summed E-state index contributed by atoms with van der Waals surface area (Å²) in [6.45, 7) is 0. The van der Waals surface area contributed by atoms with E-state index in [1.807, 2.05) is 0 Å². The Morgan fingerprint density at radius 2 is 2.18 bits per heavy atom. The van der Waals surface area contributed by atoms with Crippen molar-refractivity contribution >= 4 is 15.9 Å². The Morgan fingerprint density at radius 3 is 2.82 bits per heavy atom. The van der Waals surface area contributed by atoms with Gasteiger partial charge in [0, 0.05) is 0 Å². The molecule has 58 valence electrons. The van der Waals surface area contributed by atoms with Crippen molar-refractivity contribution in [2.45, 2.75) is 4.90 Å². The second kappa shape index (κ2) is 1.65. The molecule has 5 nitrogen and oxygen atoms in total. The summed E-state index contributed by atoms with van der Waals surface area (Å²) in [6, 6.07) is 1.24. The van der Waals surface area contributed by atoms with Gasteiger partial charge in [0.2, 0.25) is 5.76 Å². The Labute approximate surface area is 62.1 Å². The second-order valence-electron chi connectivity index (χ2n) is 2.05. The topological polar surface area (TPSA) is 76.4 Å². The van der Waals surface area contributed by atoms with Crippen LogP contribution in [0.4, 0.5) is 0 Å². The van der Waals surface area contributed by atoms with Crippen molar-refractivity contribution in [3.05, 3.63) is 18.1 Å². The molecule has 0 saturated carbocycles. The molecule has 0 bridgehead atoms. The predicted molar refractivity (Wildman–Crippen MR) is 33.4 cm³/mol. The molecule has 0 unspecified atom stereocenters. The summed E-state index contributed by atoms with van der Waals surface area (Å²) in [5.41, 5.74) is 0. The van der Waals surface area contributed by atoms with E-state index in [0.29, 0.717) is 0 Å². The molecule has 1 amide bonds. The Bertz CT molecular complexity index is 415. The Kier molecular flexibility index (Phi) is 0.960. The van der Waals surface area contributed by atoms with E-state index >= 15 is 0 Å². The summed E-state index contributed by atoms with van der Waals surface area (Å²) in [5, 5.41) is 0. The zero-order chi connectivity index (χ0) is 8.06. The molecule has 1 N–H and O–H groups in total. The van der Waals surface area contributed by atoms with Crippen molar-refractivity contribution in [3.8, 4) is 0 Å². The van der Waals surface area contributed by atoms with Crippen LogP contribution in [-0.4, -0.2) is 14.3 Å². The van der Waals surface area contributed by atoms with Gasteiger partial charge in [0.25, 0.3) is 10.0 Å². The summed E-state index contributed by atoms with van der Waals surface area (Å²) in [6.07, 6.45) is 1.17. The number of furan rings is 1. The second-order valence-corrected chi connectivity index (χ2v) is 3.70. The maximum Gasteiger partial charge on any atom is 0.302 e. The van der Waals surface area contributed by atoms with Gasteiger partial charge >= 0.3 is 5.91 Å². The average Bonchev–Trinajstić information content (AvgIpc) is 2.37. The van der Waals surface area contributed by atoms with Gasteiger partial charge in [-0.1, -0.05) is 0 Å². The number of hydrogen-bond acceptors (Lipinski definition) is 4. The zero-order valence-corrected chi connectivity index (χ0v) is 6.01. The molecule has 1 aromatic rings. The molecule has 0 atom stereocenters. The highest BCUT2D eigenvalue weighted by molar-refractivity contribution is 7.90. The van der Waals surface area contributed by atoms with E-state index in [9.17, 15) is 13.2 Å². The number of fused-ring (bicyclic) bond motifs is 1. The van der Waals surface area contributed by atoms with Crippen LogP contribution in [0.15, 0.2) is 21.6 Å². The fourth-order valence-corrected chi connectivity index (χ4v) is 1.96. The maximum absolute atomic E-state index is 10.9. The van der Waals surface area contributed by atoms with Gasteiger partial charge < -0.3 is 4.42 Å². The third kappa shape index (κ3) is 0.695. The lowest BCUT2D eigenvalue weighted by Gasteiger charge is -1.88. The van der Waals surface area contributed by atoms with Gasteiger partial charge in [0.15, 0.2) is 0 Å². The van der Waals surface area contributed by atoms with Crippen LogP contribution in [-0.2, 0) is 10.0 Å². The molecule has 1 aliphatic rings. The van der Waals surface area contributed by atoms with Gasteiger partial charge in [-0.3, -0.25) is 4.79 Å². The third-order valence-electron chi connectivity index (χ3n) is 1.35. The highest BCUT2D eigenvalue weighted by atomic mass is 32.2. The molecule has 11 heavy (non-hydrogen) atoms. The quantitative estimate of drug-likeness (QED) is 0.585. The molecule has 2 rings (SSSR count). The molecule has 0 aromatic carbocycles. The zero-order valence-electron chi connectivity index (χ0n) is 5.20. The third-order valence-corrected chi connectivity index (χ3v) is 2.71. The first kappa shape index (κ1) is 6.41. The lowest BCUT2D eigenvalue weighted by molar-refractivity contribution is 0.0958. The molecule has 2 heterocycles. The van der Waals surface area contributed by atoms with Crippen molar-refractivity contribution in [2.75, 3.05) is 0 Å². The summed E-state index contributed by atoms with van der Waals surface area (Å²) in [4.78, 5) is 10.7. The first-order valence-corrected chi connectivity index (χ1v) is 4.24. The number of carbonyl (C=O) groups is 1. The van der Waals surface area contributed by atoms with Crippen LogP contribution in [0, 0.1) is 0 Å². The van der Waals surface area contributed by atoms with E-state index in [1.165, 1.54) is 12.3 Å². The minimum absolute atomic E-state index is 0.0810. The highest BCUT2D eigenvalue weighted by Crippen LogP contribution is 2.22. The van der Waals surface area contributed by atoms with Crippen molar-refractivity contribution in [1.82, 2.24) is 4.72 Å². The van der Waals surface area contributed by atoms with Gasteiger partial charge in [0.1, 0.15) is 4.90 Å². The first-order valence-electron chi connectivity index (χ1n) is 2.76. The maximum atomic E-state index is 10.9. The van der Waals surface area contributed by atoms with E-state index in [-0.39, 0.29) is 10.7 Å². The average molecular weight is 173 g/mol. The van der Waals surface area contributed by atoms with Crippen LogP contribution in [0.2, 0.25) is 0 Å². The molecule has 0 saturated heterocycles. The van der Waals surface area contributed by atoms with Gasteiger partial charge in [-0.2, -0.15) is 0 Å². The van der Waals surface area contributed by atoms with Crippen LogP contribution in [0.25, 0.3) is 0 Å². The number of amides is 1. The van der Waals surface area contributed by atoms with E-state index in [2.05, 4.69) is 4.42 Å². The molecule has 0 spiro atoms. The van der Waals surface area contributed by atoms with Crippen molar-refractivity contribution in [3.63, 3.8) is 0 Å². The Morgan fingerprint density at radius 1 is 1.45 bits per heavy atom. The van der Waals surface area contributed by atoms with Crippen LogP contribution in [0.1, 0.15) is 10.6 Å². The minimum Gasteiger partial charge on any atom is -0.458 e. The van der Waals surface area contributed by atoms with Crippen LogP contribution >= 0.6 is 0 Å². The number of sulfonamides is 1. The Balaban J connectivity index is 2.83. The van der Waals surface area contributed by atoms with E-state index in [1.54, 1.807) is 4.72 Å². The first-order chi connectivity index (χ1) is 5.11. The van der Waals surface area contributed by atoms with Gasteiger partial charge in [-0.15, -0.1) is 0 Å². The molecule has 0 aliphatic carbocycles. The largest absolute Gasteiger partial charge is 0.458 e. The fourth-order valence-electron chi connectivity index (χ4n) is 0.898. The molecular weight excluding hydrogens is 170 g/mol. The molecule has 0 radical (unpaired) electrons. The molecule has 0 fully saturated rings.